The Bertz CT molecular complexity index is 1480. The van der Waals surface area contributed by atoms with Gasteiger partial charge >= 0.3 is 23.9 Å². The zero-order valence-corrected chi connectivity index (χ0v) is 29.8. The van der Waals surface area contributed by atoms with Gasteiger partial charge in [-0.2, -0.15) is 0 Å². The van der Waals surface area contributed by atoms with Crippen molar-refractivity contribution in [2.24, 2.45) is 0 Å². The van der Waals surface area contributed by atoms with Gasteiger partial charge in [0.25, 0.3) is 0 Å². The number of benzene rings is 3. The SMILES string of the molecule is CCCC(=O)OCCCCCCOc1ccc(C(=O)Oc2ccc(OC(=O)c3ccc(CCCCCCOC(=O)CCC)cc3)cc2C)cc1. The molecule has 9 nitrogen and oxygen atoms in total. The maximum atomic E-state index is 12.8. The molecule has 50 heavy (non-hydrogen) atoms. The fraction of sp³-hybridized carbons (Fsp3) is 0.463. The molecule has 0 unspecified atom stereocenters. The van der Waals surface area contributed by atoms with Crippen LogP contribution >= 0.6 is 0 Å². The lowest BCUT2D eigenvalue weighted by Crippen LogP contribution is -2.10. The standard InChI is InChI=1S/C41H52O9/c1-4-14-38(42)47-28-12-7-6-10-16-32-17-19-33(20-18-32)40(44)49-36-25-26-37(31(3)30-36)50-41(45)34-21-23-35(24-22-34)46-27-11-8-9-13-29-48-39(43)15-5-2/h17-26,30H,4-16,27-29H2,1-3H3. The zero-order chi connectivity index (χ0) is 36.0. The zero-order valence-electron chi connectivity index (χ0n) is 29.8. The van der Waals surface area contributed by atoms with Crippen molar-refractivity contribution in [2.45, 2.75) is 104 Å². The molecule has 0 saturated carbocycles. The predicted octanol–water partition coefficient (Wildman–Crippen LogP) is 9.16. The summed E-state index contributed by atoms with van der Waals surface area (Å²) in [6.07, 6.45) is 11.1. The first-order valence-corrected chi connectivity index (χ1v) is 18.0. The Hall–Kier alpha value is -4.66. The van der Waals surface area contributed by atoms with Gasteiger partial charge in [-0.3, -0.25) is 9.59 Å². The molecule has 0 saturated heterocycles. The third-order valence-electron chi connectivity index (χ3n) is 7.94. The van der Waals surface area contributed by atoms with Crippen LogP contribution < -0.4 is 14.2 Å². The summed E-state index contributed by atoms with van der Waals surface area (Å²) in [5.41, 5.74) is 2.63. The molecular weight excluding hydrogens is 636 g/mol. The Morgan fingerprint density at radius 1 is 0.540 bits per heavy atom. The van der Waals surface area contributed by atoms with E-state index in [4.69, 9.17) is 23.7 Å². The Balaban J connectivity index is 1.34. The van der Waals surface area contributed by atoms with E-state index in [1.807, 2.05) is 26.0 Å². The second-order valence-corrected chi connectivity index (χ2v) is 12.3. The molecule has 0 aliphatic rings. The van der Waals surface area contributed by atoms with Gasteiger partial charge in [-0.05, 0) is 130 Å². The first-order chi connectivity index (χ1) is 24.3. The summed E-state index contributed by atoms with van der Waals surface area (Å²) in [6.45, 7) is 7.21. The number of unbranched alkanes of at least 4 members (excludes halogenated alkanes) is 6. The highest BCUT2D eigenvalue weighted by atomic mass is 16.5. The second-order valence-electron chi connectivity index (χ2n) is 12.3. The van der Waals surface area contributed by atoms with Crippen molar-refractivity contribution in [1.29, 1.82) is 0 Å². The fourth-order valence-electron chi connectivity index (χ4n) is 5.08. The lowest BCUT2D eigenvalue weighted by Gasteiger charge is -2.11. The monoisotopic (exact) mass is 688 g/mol. The van der Waals surface area contributed by atoms with Gasteiger partial charge in [-0.15, -0.1) is 0 Å². The van der Waals surface area contributed by atoms with E-state index < -0.39 is 11.9 Å². The summed E-state index contributed by atoms with van der Waals surface area (Å²) < 4.78 is 27.3. The molecule has 0 aromatic heterocycles. The minimum atomic E-state index is -0.503. The van der Waals surface area contributed by atoms with E-state index >= 15 is 0 Å². The van der Waals surface area contributed by atoms with Crippen molar-refractivity contribution >= 4 is 23.9 Å². The Morgan fingerprint density at radius 2 is 1.04 bits per heavy atom. The van der Waals surface area contributed by atoms with E-state index in [0.29, 0.717) is 66.6 Å². The maximum absolute atomic E-state index is 12.8. The molecule has 0 bridgehead atoms. The van der Waals surface area contributed by atoms with Crippen LogP contribution in [0.25, 0.3) is 0 Å². The van der Waals surface area contributed by atoms with Gasteiger partial charge in [0.15, 0.2) is 0 Å². The second kappa shape index (κ2) is 22.9. The molecule has 3 rings (SSSR count). The third-order valence-corrected chi connectivity index (χ3v) is 7.94. The molecule has 0 N–H and O–H groups in total. The molecule has 0 fully saturated rings. The number of carbonyl (C=O) groups is 4. The van der Waals surface area contributed by atoms with Crippen LogP contribution in [0.4, 0.5) is 0 Å². The van der Waals surface area contributed by atoms with Gasteiger partial charge in [0, 0.05) is 12.8 Å². The van der Waals surface area contributed by atoms with Crippen LogP contribution in [-0.2, 0) is 25.5 Å². The lowest BCUT2D eigenvalue weighted by molar-refractivity contribution is -0.144. The topological polar surface area (TPSA) is 114 Å². The molecule has 3 aromatic carbocycles. The fourth-order valence-corrected chi connectivity index (χ4v) is 5.08. The minimum absolute atomic E-state index is 0.121. The maximum Gasteiger partial charge on any atom is 0.343 e. The molecule has 0 aliphatic carbocycles. The van der Waals surface area contributed by atoms with Crippen LogP contribution in [-0.4, -0.2) is 43.7 Å². The average molecular weight is 689 g/mol. The first kappa shape index (κ1) is 39.8. The van der Waals surface area contributed by atoms with Crippen molar-refractivity contribution in [3.8, 4) is 17.2 Å². The van der Waals surface area contributed by atoms with Crippen molar-refractivity contribution in [3.63, 3.8) is 0 Å². The molecule has 0 spiro atoms. The number of hydrogen-bond donors (Lipinski definition) is 0. The Kier molecular flexibility index (Phi) is 18.2. The van der Waals surface area contributed by atoms with E-state index in [2.05, 4.69) is 0 Å². The van der Waals surface area contributed by atoms with E-state index in [1.165, 1.54) is 0 Å². The largest absolute Gasteiger partial charge is 0.494 e. The normalized spacial score (nSPS) is 10.7. The summed E-state index contributed by atoms with van der Waals surface area (Å²) in [7, 11) is 0. The molecule has 3 aromatic rings. The predicted molar refractivity (Wildman–Crippen MR) is 192 cm³/mol. The molecule has 0 atom stereocenters. The summed E-state index contributed by atoms with van der Waals surface area (Å²) >= 11 is 0. The highest BCUT2D eigenvalue weighted by molar-refractivity contribution is 5.92. The van der Waals surface area contributed by atoms with Crippen molar-refractivity contribution in [1.82, 2.24) is 0 Å². The summed E-state index contributed by atoms with van der Waals surface area (Å²) in [5.74, 6) is 0.174. The molecule has 0 radical (unpaired) electrons. The van der Waals surface area contributed by atoms with Gasteiger partial charge in [-0.1, -0.05) is 38.8 Å². The van der Waals surface area contributed by atoms with Crippen LogP contribution in [0.15, 0.2) is 66.7 Å². The highest BCUT2D eigenvalue weighted by Crippen LogP contribution is 2.25. The number of esters is 4. The quantitative estimate of drug-likeness (QED) is 0.0546. The summed E-state index contributed by atoms with van der Waals surface area (Å²) in [6, 6.07) is 19.1. The van der Waals surface area contributed by atoms with E-state index in [9.17, 15) is 19.2 Å². The first-order valence-electron chi connectivity index (χ1n) is 18.0. The smallest absolute Gasteiger partial charge is 0.343 e. The van der Waals surface area contributed by atoms with Crippen molar-refractivity contribution < 1.29 is 42.9 Å². The summed E-state index contributed by atoms with van der Waals surface area (Å²) in [5, 5.41) is 0. The van der Waals surface area contributed by atoms with Crippen LogP contribution in [0.1, 0.15) is 123 Å². The molecule has 0 heterocycles. The molecule has 0 aliphatic heterocycles. The number of aryl methyl sites for hydroxylation is 2. The van der Waals surface area contributed by atoms with E-state index in [-0.39, 0.29) is 11.9 Å². The molecule has 270 valence electrons. The molecular formula is C41H52O9. The Labute approximate surface area is 296 Å². The Morgan fingerprint density at radius 3 is 1.60 bits per heavy atom. The third kappa shape index (κ3) is 15.3. The molecule has 9 heteroatoms. The number of hydrogen-bond acceptors (Lipinski definition) is 9. The highest BCUT2D eigenvalue weighted by Gasteiger charge is 2.14. The molecule has 0 amide bonds. The number of rotatable bonds is 23. The van der Waals surface area contributed by atoms with E-state index in [0.717, 1.165) is 76.2 Å². The van der Waals surface area contributed by atoms with Crippen LogP contribution in [0.3, 0.4) is 0 Å². The van der Waals surface area contributed by atoms with Crippen LogP contribution in [0.5, 0.6) is 17.2 Å². The summed E-state index contributed by atoms with van der Waals surface area (Å²) in [4.78, 5) is 48.3. The average Bonchev–Trinajstić information content (AvgIpc) is 3.11. The van der Waals surface area contributed by atoms with Gasteiger partial charge in [0.2, 0.25) is 0 Å². The van der Waals surface area contributed by atoms with Gasteiger partial charge in [0.1, 0.15) is 17.2 Å². The van der Waals surface area contributed by atoms with E-state index in [1.54, 1.807) is 61.5 Å². The van der Waals surface area contributed by atoms with Crippen LogP contribution in [0, 0.1) is 6.92 Å². The van der Waals surface area contributed by atoms with Crippen LogP contribution in [0.2, 0.25) is 0 Å². The van der Waals surface area contributed by atoms with Gasteiger partial charge < -0.3 is 23.7 Å². The number of ether oxygens (including phenoxy) is 5. The van der Waals surface area contributed by atoms with Gasteiger partial charge in [-0.25, -0.2) is 9.59 Å². The van der Waals surface area contributed by atoms with Crippen molar-refractivity contribution in [3.05, 3.63) is 89.0 Å². The number of carbonyl (C=O) groups excluding carboxylic acids is 4. The van der Waals surface area contributed by atoms with Crippen molar-refractivity contribution in [2.75, 3.05) is 19.8 Å². The van der Waals surface area contributed by atoms with Gasteiger partial charge in [0.05, 0.1) is 30.9 Å². The minimum Gasteiger partial charge on any atom is -0.494 e. The lowest BCUT2D eigenvalue weighted by atomic mass is 10.0.